The molecule has 2 amide bonds. The highest BCUT2D eigenvalue weighted by Gasteiger charge is 2.42. The van der Waals surface area contributed by atoms with Gasteiger partial charge in [-0.1, -0.05) is 0 Å². The van der Waals surface area contributed by atoms with Crippen LogP contribution in [0.2, 0.25) is 0 Å². The van der Waals surface area contributed by atoms with E-state index in [1.165, 1.54) is 12.1 Å². The first-order valence-electron chi connectivity index (χ1n) is 8.24. The summed E-state index contributed by atoms with van der Waals surface area (Å²) in [6.07, 6.45) is 1.96. The second-order valence-corrected chi connectivity index (χ2v) is 7.19. The molecule has 128 valence electrons. The van der Waals surface area contributed by atoms with E-state index in [0.717, 1.165) is 12.8 Å². The molecule has 0 bridgehead atoms. The number of benzene rings is 1. The predicted molar refractivity (Wildman–Crippen MR) is 87.8 cm³/mol. The Morgan fingerprint density at radius 3 is 2.12 bits per heavy atom. The molecule has 1 aliphatic carbocycles. The number of carbonyl (C=O) groups is 3. The molecule has 1 aliphatic heterocycles. The second kappa shape index (κ2) is 5.92. The Hall–Kier alpha value is -2.37. The van der Waals surface area contributed by atoms with Crippen LogP contribution < -0.4 is 0 Å². The average Bonchev–Trinajstić information content (AvgIpc) is 3.37. The third-order valence-electron chi connectivity index (χ3n) is 4.76. The normalized spacial score (nSPS) is 19.9. The maximum atomic E-state index is 12.8. The third kappa shape index (κ3) is 3.13. The van der Waals surface area contributed by atoms with E-state index >= 15 is 0 Å². The van der Waals surface area contributed by atoms with Crippen molar-refractivity contribution < 1.29 is 19.5 Å². The van der Waals surface area contributed by atoms with Gasteiger partial charge in [-0.2, -0.15) is 0 Å². The summed E-state index contributed by atoms with van der Waals surface area (Å²) in [6.45, 7) is 5.50. The number of amides is 2. The van der Waals surface area contributed by atoms with Crippen LogP contribution in [-0.2, 0) is 4.79 Å². The summed E-state index contributed by atoms with van der Waals surface area (Å²) < 4.78 is 0. The molecule has 1 aromatic rings. The van der Waals surface area contributed by atoms with Gasteiger partial charge in [0.25, 0.3) is 5.91 Å². The topological polar surface area (TPSA) is 77.9 Å². The smallest absolute Gasteiger partial charge is 0.335 e. The first-order valence-corrected chi connectivity index (χ1v) is 8.24. The molecule has 1 N–H and O–H groups in total. The SMILES string of the molecule is CC1(C)CN(C(=O)C2CC2)CCN1C(=O)c1ccc(C(=O)O)cc1. The highest BCUT2D eigenvalue weighted by atomic mass is 16.4. The standard InChI is InChI=1S/C18H22N2O4/c1-18(2)11-19(15(21)12-3-4-12)9-10-20(18)16(22)13-5-7-14(8-6-13)17(23)24/h5-8,12H,3-4,9-11H2,1-2H3,(H,23,24). The zero-order chi connectivity index (χ0) is 17.5. The molecule has 0 atom stereocenters. The summed E-state index contributed by atoms with van der Waals surface area (Å²) in [5.74, 6) is -0.746. The van der Waals surface area contributed by atoms with Gasteiger partial charge in [-0.15, -0.1) is 0 Å². The van der Waals surface area contributed by atoms with Crippen molar-refractivity contribution in [2.75, 3.05) is 19.6 Å². The van der Waals surface area contributed by atoms with Crippen LogP contribution in [0.5, 0.6) is 0 Å². The van der Waals surface area contributed by atoms with Crippen LogP contribution in [0.4, 0.5) is 0 Å². The lowest BCUT2D eigenvalue weighted by Gasteiger charge is -2.47. The Morgan fingerprint density at radius 1 is 1.04 bits per heavy atom. The van der Waals surface area contributed by atoms with Crippen molar-refractivity contribution in [3.05, 3.63) is 35.4 Å². The minimum absolute atomic E-state index is 0.129. The molecule has 1 saturated heterocycles. The fourth-order valence-electron chi connectivity index (χ4n) is 3.22. The Bertz CT molecular complexity index is 677. The Kier molecular flexibility index (Phi) is 4.07. The molecule has 2 aliphatic rings. The van der Waals surface area contributed by atoms with E-state index in [4.69, 9.17) is 5.11 Å². The molecule has 1 saturated carbocycles. The van der Waals surface area contributed by atoms with Crippen molar-refractivity contribution in [3.63, 3.8) is 0 Å². The van der Waals surface area contributed by atoms with Crippen LogP contribution in [0.25, 0.3) is 0 Å². The fraction of sp³-hybridized carbons (Fsp3) is 0.500. The summed E-state index contributed by atoms with van der Waals surface area (Å²) in [5, 5.41) is 8.94. The van der Waals surface area contributed by atoms with E-state index in [1.54, 1.807) is 17.0 Å². The lowest BCUT2D eigenvalue weighted by Crippen LogP contribution is -2.62. The predicted octanol–water partition coefficient (Wildman–Crippen LogP) is 1.86. The van der Waals surface area contributed by atoms with Crippen LogP contribution in [0, 0.1) is 5.92 Å². The second-order valence-electron chi connectivity index (χ2n) is 7.19. The quantitative estimate of drug-likeness (QED) is 0.917. The van der Waals surface area contributed by atoms with Crippen LogP contribution in [0.3, 0.4) is 0 Å². The van der Waals surface area contributed by atoms with E-state index in [9.17, 15) is 14.4 Å². The number of hydrogen-bond acceptors (Lipinski definition) is 3. The van der Waals surface area contributed by atoms with E-state index in [-0.39, 0.29) is 23.3 Å². The molecule has 1 heterocycles. The number of carboxylic acids is 1. The molecule has 3 rings (SSSR count). The molecule has 24 heavy (non-hydrogen) atoms. The van der Waals surface area contributed by atoms with Crippen molar-refractivity contribution in [1.82, 2.24) is 9.80 Å². The molecular weight excluding hydrogens is 308 g/mol. The first-order chi connectivity index (χ1) is 11.3. The minimum Gasteiger partial charge on any atom is -0.478 e. The molecule has 0 spiro atoms. The maximum Gasteiger partial charge on any atom is 0.335 e. The van der Waals surface area contributed by atoms with Gasteiger partial charge < -0.3 is 14.9 Å². The van der Waals surface area contributed by atoms with E-state index in [1.807, 2.05) is 18.7 Å². The summed E-state index contributed by atoms with van der Waals surface area (Å²) in [4.78, 5) is 39.6. The van der Waals surface area contributed by atoms with Crippen molar-refractivity contribution >= 4 is 17.8 Å². The molecule has 0 unspecified atom stereocenters. The zero-order valence-corrected chi connectivity index (χ0v) is 14.0. The van der Waals surface area contributed by atoms with Gasteiger partial charge in [-0.3, -0.25) is 9.59 Å². The van der Waals surface area contributed by atoms with Gasteiger partial charge in [-0.25, -0.2) is 4.79 Å². The molecule has 0 radical (unpaired) electrons. The van der Waals surface area contributed by atoms with Crippen LogP contribution in [0.15, 0.2) is 24.3 Å². The highest BCUT2D eigenvalue weighted by Crippen LogP contribution is 2.33. The monoisotopic (exact) mass is 330 g/mol. The van der Waals surface area contributed by atoms with E-state index in [2.05, 4.69) is 0 Å². The van der Waals surface area contributed by atoms with Crippen LogP contribution >= 0.6 is 0 Å². The summed E-state index contributed by atoms with van der Waals surface area (Å²) in [6, 6.07) is 5.97. The van der Waals surface area contributed by atoms with Gasteiger partial charge in [-0.05, 0) is 51.0 Å². The van der Waals surface area contributed by atoms with E-state index < -0.39 is 11.5 Å². The first kappa shape index (κ1) is 16.5. The number of carboxylic acid groups (broad SMARTS) is 1. The number of aromatic carboxylic acids is 1. The molecule has 6 heteroatoms. The lowest BCUT2D eigenvalue weighted by atomic mass is 9.96. The number of nitrogens with zero attached hydrogens (tertiary/aromatic N) is 2. The largest absolute Gasteiger partial charge is 0.478 e. The van der Waals surface area contributed by atoms with Gasteiger partial charge in [0.05, 0.1) is 11.1 Å². The van der Waals surface area contributed by atoms with Gasteiger partial charge in [0.15, 0.2) is 0 Å². The molecule has 1 aromatic carbocycles. The highest BCUT2D eigenvalue weighted by molar-refractivity contribution is 5.96. The molecule has 2 fully saturated rings. The van der Waals surface area contributed by atoms with Crippen LogP contribution in [-0.4, -0.2) is 57.9 Å². The zero-order valence-electron chi connectivity index (χ0n) is 14.0. The fourth-order valence-corrected chi connectivity index (χ4v) is 3.22. The van der Waals surface area contributed by atoms with Gasteiger partial charge in [0.1, 0.15) is 0 Å². The molecule has 0 aromatic heterocycles. The number of hydrogen-bond donors (Lipinski definition) is 1. The third-order valence-corrected chi connectivity index (χ3v) is 4.76. The number of rotatable bonds is 3. The van der Waals surface area contributed by atoms with Crippen molar-refractivity contribution in [2.45, 2.75) is 32.2 Å². The number of piperazine rings is 1. The van der Waals surface area contributed by atoms with E-state index in [0.29, 0.717) is 25.2 Å². The average molecular weight is 330 g/mol. The Balaban J connectivity index is 1.73. The van der Waals surface area contributed by atoms with Crippen molar-refractivity contribution in [2.24, 2.45) is 5.92 Å². The van der Waals surface area contributed by atoms with Crippen molar-refractivity contribution in [1.29, 1.82) is 0 Å². The number of carbonyl (C=O) groups excluding carboxylic acids is 2. The van der Waals surface area contributed by atoms with Gasteiger partial charge in [0, 0.05) is 31.1 Å². The van der Waals surface area contributed by atoms with Crippen LogP contribution in [0.1, 0.15) is 47.4 Å². The summed E-state index contributed by atoms with van der Waals surface area (Å²) >= 11 is 0. The minimum atomic E-state index is -1.01. The van der Waals surface area contributed by atoms with Gasteiger partial charge >= 0.3 is 5.97 Å². The lowest BCUT2D eigenvalue weighted by molar-refractivity contribution is -0.136. The Morgan fingerprint density at radius 2 is 1.62 bits per heavy atom. The van der Waals surface area contributed by atoms with Crippen molar-refractivity contribution in [3.8, 4) is 0 Å². The molecule has 6 nitrogen and oxygen atoms in total. The Labute approximate surface area is 141 Å². The maximum absolute atomic E-state index is 12.8. The summed E-state index contributed by atoms with van der Waals surface area (Å²) in [5.41, 5.74) is 0.173. The molecular formula is C18H22N2O4. The van der Waals surface area contributed by atoms with Gasteiger partial charge in [0.2, 0.25) is 5.91 Å². The summed E-state index contributed by atoms with van der Waals surface area (Å²) in [7, 11) is 0.